The monoisotopic (exact) mass is 1440 g/mol. The van der Waals surface area contributed by atoms with E-state index in [0.29, 0.717) is 0 Å². The first kappa shape index (κ1) is 60.8. The number of rotatable bonds is 6. The molecule has 492 valence electrons. The third kappa shape index (κ3) is 9.77. The number of para-hydroxylation sites is 6. The molecule has 0 unspecified atom stereocenters. The van der Waals surface area contributed by atoms with E-state index in [-0.39, 0.29) is 0 Å². The minimum atomic E-state index is 1.21. The average Bonchev–Trinajstić information content (AvgIpc) is 1.58. The maximum Gasteiger partial charge on any atom is 0.0727 e. The Morgan fingerprint density at radius 2 is 0.457 bits per heavy atom. The largest absolute Gasteiger partial charge is 0.308 e. The van der Waals surface area contributed by atoms with Gasteiger partial charge in [0.15, 0.2) is 0 Å². The van der Waals surface area contributed by atoms with Gasteiger partial charge in [-0.1, -0.05) is 237 Å². The maximum atomic E-state index is 2.43. The van der Waals surface area contributed by atoms with Crippen LogP contribution < -0.4 is 0 Å². The van der Waals surface area contributed by atoms with E-state index >= 15 is 0 Å². The lowest BCUT2D eigenvalue weighted by Crippen LogP contribution is -1.92. The lowest BCUT2D eigenvalue weighted by molar-refractivity contribution is 1.19. The summed E-state index contributed by atoms with van der Waals surface area (Å²) in [5.41, 5.74) is 19.0. The van der Waals surface area contributed by atoms with E-state index in [1.54, 1.807) is 0 Å². The van der Waals surface area contributed by atoms with E-state index in [9.17, 15) is 0 Å². The van der Waals surface area contributed by atoms with Crippen LogP contribution in [-0.4, -0.2) is 13.7 Å². The van der Waals surface area contributed by atoms with Crippen LogP contribution in [-0.2, 0) is 0 Å². The highest BCUT2D eigenvalue weighted by Gasteiger charge is 2.23. The van der Waals surface area contributed by atoms with Gasteiger partial charge in [-0.25, -0.2) is 0 Å². The van der Waals surface area contributed by atoms with E-state index < -0.39 is 0 Å². The first-order valence-electron chi connectivity index (χ1n) is 35.3. The highest BCUT2D eigenvalue weighted by molar-refractivity contribution is 7.28. The zero-order chi connectivity index (χ0) is 68.8. The van der Waals surface area contributed by atoms with Crippen LogP contribution in [0.2, 0.25) is 0 Å². The molecular formula is C96H57N3S6. The lowest BCUT2D eigenvalue weighted by atomic mass is 10.0. The molecule has 24 aromatic rings. The van der Waals surface area contributed by atoms with Gasteiger partial charge in [-0.3, -0.25) is 0 Å². The van der Waals surface area contributed by atoms with Gasteiger partial charge in [0.25, 0.3) is 0 Å². The van der Waals surface area contributed by atoms with Crippen molar-refractivity contribution in [1.82, 2.24) is 13.7 Å². The summed E-state index contributed by atoms with van der Waals surface area (Å²) >= 11 is 11.4. The topological polar surface area (TPSA) is 14.8 Å². The number of hydrogen-bond donors (Lipinski definition) is 0. The molecule has 0 fully saturated rings. The molecule has 0 atom stereocenters. The second kappa shape index (κ2) is 24.4. The van der Waals surface area contributed by atoms with Crippen LogP contribution in [0.3, 0.4) is 0 Å². The Bertz CT molecular complexity index is 7580. The molecule has 0 spiro atoms. The van der Waals surface area contributed by atoms with E-state index in [2.05, 4.69) is 359 Å². The van der Waals surface area contributed by atoms with Gasteiger partial charge in [0.1, 0.15) is 0 Å². The summed E-state index contributed by atoms with van der Waals surface area (Å²) in [6, 6.07) is 126. The van der Waals surface area contributed by atoms with Crippen molar-refractivity contribution in [3.8, 4) is 50.4 Å². The second-order valence-electron chi connectivity index (χ2n) is 26.9. The zero-order valence-corrected chi connectivity index (χ0v) is 61.1. The summed E-state index contributed by atoms with van der Waals surface area (Å²) in [6.07, 6.45) is 0. The van der Waals surface area contributed by atoms with Crippen molar-refractivity contribution < 1.29 is 0 Å². The molecule has 0 bridgehead atoms. The SMILES string of the molecule is c1ccc(-n2c3ccccc3c3sc4cc(-c5ccc6c(c5)sc5ccccc56)ccc4c32)cc1.c1ccc(-n2c3ccccc3c3sc4cc(-c5ccc6sc7ccccc7c6c5)ccc4c32)cc1.c1ccc(-n2c3ccccc3c3sc4cc(-c5cccc6c5sc5ccccc56)ccc4c32)cc1. The van der Waals surface area contributed by atoms with Crippen LogP contribution in [0.15, 0.2) is 346 Å². The Kier molecular flexibility index (Phi) is 14.2. The Balaban J connectivity index is 0.0000000986. The van der Waals surface area contributed by atoms with Gasteiger partial charge >= 0.3 is 0 Å². The summed E-state index contributed by atoms with van der Waals surface area (Å²) in [4.78, 5) is 0. The predicted octanol–water partition coefficient (Wildman–Crippen LogP) is 30.1. The second-order valence-corrected chi connectivity index (χ2v) is 33.3. The zero-order valence-electron chi connectivity index (χ0n) is 56.2. The van der Waals surface area contributed by atoms with Crippen molar-refractivity contribution in [2.24, 2.45) is 0 Å². The first-order valence-corrected chi connectivity index (χ1v) is 40.2. The van der Waals surface area contributed by atoms with Gasteiger partial charge < -0.3 is 13.7 Å². The van der Waals surface area contributed by atoms with Gasteiger partial charge in [0.05, 0.1) is 47.2 Å². The van der Waals surface area contributed by atoms with Crippen molar-refractivity contribution in [1.29, 1.82) is 0 Å². The summed E-state index contributed by atoms with van der Waals surface area (Å²) in [7, 11) is 0. The predicted molar refractivity (Wildman–Crippen MR) is 463 cm³/mol. The van der Waals surface area contributed by atoms with E-state index in [1.807, 2.05) is 68.0 Å². The van der Waals surface area contributed by atoms with E-state index in [0.717, 1.165) is 0 Å². The van der Waals surface area contributed by atoms with Crippen LogP contribution in [0.25, 0.3) is 205 Å². The van der Waals surface area contributed by atoms with Gasteiger partial charge in [-0.05, 0) is 143 Å². The van der Waals surface area contributed by atoms with Crippen molar-refractivity contribution in [2.45, 2.75) is 0 Å². The molecule has 3 nitrogen and oxygen atoms in total. The fraction of sp³-hybridized carbons (Fsp3) is 0. The van der Waals surface area contributed by atoms with Gasteiger partial charge in [0.2, 0.25) is 0 Å². The van der Waals surface area contributed by atoms with Crippen molar-refractivity contribution in [3.05, 3.63) is 346 Å². The molecular weight excluding hydrogens is 1390 g/mol. The molecule has 0 aliphatic rings. The number of fused-ring (bicyclic) bond motifs is 24. The van der Waals surface area contributed by atoms with E-state index in [4.69, 9.17) is 0 Å². The fourth-order valence-electron chi connectivity index (χ4n) is 16.3. The molecule has 15 aromatic carbocycles. The van der Waals surface area contributed by atoms with Gasteiger partial charge in [-0.2, -0.15) is 0 Å². The molecule has 9 heterocycles. The number of benzene rings is 15. The number of aromatic nitrogens is 3. The summed E-state index contributed by atoms with van der Waals surface area (Å²) in [5, 5.41) is 16.0. The first-order chi connectivity index (χ1) is 52.1. The van der Waals surface area contributed by atoms with Crippen molar-refractivity contribution >= 4 is 222 Å². The Morgan fingerprint density at radius 3 is 0.924 bits per heavy atom. The Morgan fingerprint density at radius 1 is 0.162 bits per heavy atom. The fourth-order valence-corrected chi connectivity index (χ4v) is 23.5. The molecule has 9 aromatic heterocycles. The van der Waals surface area contributed by atoms with Gasteiger partial charge in [0, 0.05) is 124 Å². The molecule has 0 saturated carbocycles. The van der Waals surface area contributed by atoms with Crippen LogP contribution in [0, 0.1) is 0 Å². The van der Waals surface area contributed by atoms with E-state index in [1.165, 1.54) is 205 Å². The molecule has 105 heavy (non-hydrogen) atoms. The molecule has 0 amide bonds. The molecule has 0 radical (unpaired) electrons. The molecule has 0 aliphatic carbocycles. The Hall–Kier alpha value is -11.8. The summed E-state index contributed by atoms with van der Waals surface area (Å²) in [6.45, 7) is 0. The van der Waals surface area contributed by atoms with Crippen LogP contribution >= 0.6 is 68.0 Å². The average molecular weight is 1440 g/mol. The van der Waals surface area contributed by atoms with Crippen LogP contribution in [0.4, 0.5) is 0 Å². The van der Waals surface area contributed by atoms with Crippen LogP contribution in [0.5, 0.6) is 0 Å². The molecule has 9 heteroatoms. The van der Waals surface area contributed by atoms with Crippen LogP contribution in [0.1, 0.15) is 0 Å². The smallest absolute Gasteiger partial charge is 0.0727 e. The van der Waals surface area contributed by atoms with Gasteiger partial charge in [-0.15, -0.1) is 68.0 Å². The number of thiophene rings is 6. The minimum absolute atomic E-state index is 1.21. The highest BCUT2D eigenvalue weighted by atomic mass is 32.1. The quantitative estimate of drug-likeness (QED) is 0.158. The maximum absolute atomic E-state index is 2.43. The number of nitrogens with zero attached hydrogens (tertiary/aromatic N) is 3. The third-order valence-electron chi connectivity index (χ3n) is 21.0. The normalized spacial score (nSPS) is 12.0. The molecule has 0 N–H and O–H groups in total. The standard InChI is InChI=1S/3C32H19NS2/c1-2-9-21(10-3-1)33-27-15-6-4-12-25(27)32-30(33)26-18-17-20(19-29(26)35-32)22-13-8-14-24-23-11-5-7-16-28(23)34-31(22)24;1-2-8-22(9-3-1)33-27-12-6-4-11-24(27)32-31(33)25-16-14-21(19-30(25)35-32)20-15-17-29-26(18-20)23-10-5-7-13-28(23)34-29;1-2-8-22(9-3-1)33-27-12-6-4-11-25(27)32-31(33)26-17-15-21(19-30(26)35-32)20-14-16-24-23-10-5-7-13-28(23)34-29(24)18-20/h3*1-19H. The molecule has 0 saturated heterocycles. The third-order valence-corrected chi connectivity index (χ3v) is 28.0. The summed E-state index contributed by atoms with van der Waals surface area (Å²) < 4.78 is 23.5. The summed E-state index contributed by atoms with van der Waals surface area (Å²) in [5.74, 6) is 0. The lowest BCUT2D eigenvalue weighted by Gasteiger charge is -2.08. The van der Waals surface area contributed by atoms with Crippen molar-refractivity contribution in [2.75, 3.05) is 0 Å². The van der Waals surface area contributed by atoms with Crippen molar-refractivity contribution in [3.63, 3.8) is 0 Å². The molecule has 0 aliphatic heterocycles. The Labute approximate surface area is 626 Å². The molecule has 24 rings (SSSR count). The number of hydrogen-bond acceptors (Lipinski definition) is 6. The highest BCUT2D eigenvalue weighted by Crippen LogP contribution is 2.49. The minimum Gasteiger partial charge on any atom is -0.308 e.